The van der Waals surface area contributed by atoms with Crippen molar-refractivity contribution < 1.29 is 9.53 Å². The summed E-state index contributed by atoms with van der Waals surface area (Å²) in [5.74, 6) is -0.00823. The van der Waals surface area contributed by atoms with Crippen LogP contribution in [0.4, 0.5) is 0 Å². The van der Waals surface area contributed by atoms with Crippen molar-refractivity contribution in [2.45, 2.75) is 20.8 Å². The number of ether oxygens (including phenoxy) is 1. The first kappa shape index (κ1) is 16.3. The molecule has 1 heterocycles. The van der Waals surface area contributed by atoms with Gasteiger partial charge in [-0.1, -0.05) is 12.1 Å². The van der Waals surface area contributed by atoms with Crippen molar-refractivity contribution in [3.63, 3.8) is 0 Å². The van der Waals surface area contributed by atoms with Gasteiger partial charge in [-0.25, -0.2) is 5.43 Å². The number of hydrogen-bond acceptors (Lipinski definition) is 4. The predicted molar refractivity (Wildman–Crippen MR) is 87.3 cm³/mol. The molecule has 0 unspecified atom stereocenters. The summed E-state index contributed by atoms with van der Waals surface area (Å²) in [4.78, 5) is 14.9. The molecule has 6 heteroatoms. The molecule has 6 nitrogen and oxygen atoms in total. The molecular weight excluding hydrogens is 292 g/mol. The van der Waals surface area contributed by atoms with Crippen LogP contribution in [0.1, 0.15) is 29.3 Å². The minimum absolute atomic E-state index is 0.208. The molecule has 1 aromatic heterocycles. The standard InChI is InChI=1S/C17H18N4O2/c1-11-9-19-12(2)17(11)13(3)20-21-16(22)10-23-15-7-5-4-6-14(15)8-18/h4-7,9,19H,10H2,1-3H3,(H,21,22)/b20-13+. The molecule has 118 valence electrons. The Balaban J connectivity index is 1.95. The zero-order valence-corrected chi connectivity index (χ0v) is 13.3. The fourth-order valence-corrected chi connectivity index (χ4v) is 2.28. The molecule has 0 atom stereocenters. The first-order valence-corrected chi connectivity index (χ1v) is 7.13. The number of carbonyl (C=O) groups is 1. The molecular formula is C17H18N4O2. The van der Waals surface area contributed by atoms with Gasteiger partial charge in [0.2, 0.25) is 0 Å². The number of nitriles is 1. The molecule has 0 bridgehead atoms. The number of nitrogens with one attached hydrogen (secondary N) is 2. The highest BCUT2D eigenvalue weighted by Crippen LogP contribution is 2.16. The smallest absolute Gasteiger partial charge is 0.277 e. The molecule has 0 aliphatic rings. The fourth-order valence-electron chi connectivity index (χ4n) is 2.28. The third-order valence-electron chi connectivity index (χ3n) is 3.35. The quantitative estimate of drug-likeness (QED) is 0.656. The van der Waals surface area contributed by atoms with Crippen LogP contribution in [-0.2, 0) is 4.79 Å². The van der Waals surface area contributed by atoms with Gasteiger partial charge >= 0.3 is 0 Å². The van der Waals surface area contributed by atoms with Gasteiger partial charge in [0.05, 0.1) is 11.3 Å². The molecule has 0 aliphatic carbocycles. The number of nitrogens with zero attached hydrogens (tertiary/aromatic N) is 2. The van der Waals surface area contributed by atoms with Crippen molar-refractivity contribution in [1.29, 1.82) is 5.26 Å². The van der Waals surface area contributed by atoms with E-state index < -0.39 is 0 Å². The molecule has 2 N–H and O–H groups in total. The second kappa shape index (κ2) is 7.27. The zero-order valence-electron chi connectivity index (χ0n) is 13.3. The zero-order chi connectivity index (χ0) is 16.8. The van der Waals surface area contributed by atoms with Crippen LogP contribution < -0.4 is 10.2 Å². The summed E-state index contributed by atoms with van der Waals surface area (Å²) < 4.78 is 5.35. The highest BCUT2D eigenvalue weighted by atomic mass is 16.5. The number of para-hydroxylation sites is 1. The Bertz CT molecular complexity index is 765. The van der Waals surface area contributed by atoms with E-state index in [1.165, 1.54) is 0 Å². The molecule has 0 radical (unpaired) electrons. The van der Waals surface area contributed by atoms with Gasteiger partial charge in [0, 0.05) is 17.5 Å². The average Bonchev–Trinajstić information content (AvgIpc) is 2.89. The van der Waals surface area contributed by atoms with Gasteiger partial charge in [0.1, 0.15) is 11.8 Å². The van der Waals surface area contributed by atoms with Crippen molar-refractivity contribution >= 4 is 11.6 Å². The van der Waals surface area contributed by atoms with Gasteiger partial charge in [-0.15, -0.1) is 0 Å². The maximum absolute atomic E-state index is 11.8. The summed E-state index contributed by atoms with van der Waals surface area (Å²) in [7, 11) is 0. The molecule has 0 saturated heterocycles. The number of aromatic nitrogens is 1. The Morgan fingerprint density at radius 3 is 2.78 bits per heavy atom. The van der Waals surface area contributed by atoms with E-state index in [1.807, 2.05) is 33.0 Å². The summed E-state index contributed by atoms with van der Waals surface area (Å²) in [6, 6.07) is 8.77. The molecule has 0 saturated carbocycles. The van der Waals surface area contributed by atoms with Gasteiger partial charge in [-0.05, 0) is 38.5 Å². The second-order valence-corrected chi connectivity index (χ2v) is 5.10. The van der Waals surface area contributed by atoms with Crippen LogP contribution in [-0.4, -0.2) is 23.2 Å². The summed E-state index contributed by atoms with van der Waals surface area (Å²) in [6.45, 7) is 5.54. The minimum atomic E-state index is -0.386. The van der Waals surface area contributed by atoms with Crippen LogP contribution in [0.3, 0.4) is 0 Å². The highest BCUT2D eigenvalue weighted by Gasteiger charge is 2.09. The molecule has 23 heavy (non-hydrogen) atoms. The van der Waals surface area contributed by atoms with E-state index in [4.69, 9.17) is 10.00 Å². The van der Waals surface area contributed by atoms with Gasteiger partial charge in [0.25, 0.3) is 5.91 Å². The summed E-state index contributed by atoms with van der Waals surface area (Å²) in [5, 5.41) is 13.1. The summed E-state index contributed by atoms with van der Waals surface area (Å²) >= 11 is 0. The molecule has 0 aliphatic heterocycles. The number of aromatic amines is 1. The van der Waals surface area contributed by atoms with Crippen LogP contribution in [0.15, 0.2) is 35.6 Å². The average molecular weight is 310 g/mol. The van der Waals surface area contributed by atoms with Gasteiger partial charge < -0.3 is 9.72 Å². The van der Waals surface area contributed by atoms with E-state index in [0.717, 1.165) is 16.8 Å². The lowest BCUT2D eigenvalue weighted by Crippen LogP contribution is -2.26. The van der Waals surface area contributed by atoms with Gasteiger partial charge in [-0.3, -0.25) is 4.79 Å². The Morgan fingerprint density at radius 2 is 2.13 bits per heavy atom. The van der Waals surface area contributed by atoms with Crippen molar-refractivity contribution in [1.82, 2.24) is 10.4 Å². The van der Waals surface area contributed by atoms with E-state index in [1.54, 1.807) is 24.3 Å². The van der Waals surface area contributed by atoms with Gasteiger partial charge in [-0.2, -0.15) is 10.4 Å². The first-order valence-electron chi connectivity index (χ1n) is 7.13. The van der Waals surface area contributed by atoms with E-state index in [-0.39, 0.29) is 12.5 Å². The number of aryl methyl sites for hydroxylation is 2. The Hall–Kier alpha value is -3.07. The molecule has 1 amide bonds. The highest BCUT2D eigenvalue weighted by molar-refractivity contribution is 6.01. The van der Waals surface area contributed by atoms with Crippen LogP contribution in [0, 0.1) is 25.2 Å². The van der Waals surface area contributed by atoms with Crippen molar-refractivity contribution in [3.8, 4) is 11.8 Å². The monoisotopic (exact) mass is 310 g/mol. The Labute approximate surface area is 134 Å². The van der Waals surface area contributed by atoms with Gasteiger partial charge in [0.15, 0.2) is 6.61 Å². The number of carbonyl (C=O) groups excluding carboxylic acids is 1. The maximum atomic E-state index is 11.8. The number of rotatable bonds is 5. The number of amides is 1. The lowest BCUT2D eigenvalue weighted by molar-refractivity contribution is -0.123. The van der Waals surface area contributed by atoms with Crippen LogP contribution in [0.2, 0.25) is 0 Å². The Morgan fingerprint density at radius 1 is 1.39 bits per heavy atom. The predicted octanol–water partition coefficient (Wildman–Crippen LogP) is 2.42. The lowest BCUT2D eigenvalue weighted by atomic mass is 10.1. The molecule has 0 fully saturated rings. The largest absolute Gasteiger partial charge is 0.482 e. The first-order chi connectivity index (χ1) is 11.0. The third-order valence-corrected chi connectivity index (χ3v) is 3.35. The van der Waals surface area contributed by atoms with Crippen LogP contribution in [0.5, 0.6) is 5.75 Å². The number of H-pyrrole nitrogens is 1. The van der Waals surface area contributed by atoms with E-state index in [9.17, 15) is 4.79 Å². The van der Waals surface area contributed by atoms with Crippen molar-refractivity contribution in [2.75, 3.05) is 6.61 Å². The summed E-state index contributed by atoms with van der Waals surface area (Å²) in [5.41, 5.74) is 6.61. The lowest BCUT2D eigenvalue weighted by Gasteiger charge is -2.07. The number of benzene rings is 1. The summed E-state index contributed by atoms with van der Waals surface area (Å²) in [6.07, 6.45) is 1.90. The maximum Gasteiger partial charge on any atom is 0.277 e. The topological polar surface area (TPSA) is 90.3 Å². The normalized spacial score (nSPS) is 11.0. The van der Waals surface area contributed by atoms with E-state index in [2.05, 4.69) is 15.5 Å². The minimum Gasteiger partial charge on any atom is -0.482 e. The third kappa shape index (κ3) is 3.98. The molecule has 1 aromatic carbocycles. The van der Waals surface area contributed by atoms with Crippen molar-refractivity contribution in [2.24, 2.45) is 5.10 Å². The second-order valence-electron chi connectivity index (χ2n) is 5.10. The molecule has 2 aromatic rings. The Kier molecular flexibility index (Phi) is 5.15. The number of hydrazone groups is 1. The molecule has 0 spiro atoms. The SMILES string of the molecule is C/C(=N\NC(=O)COc1ccccc1C#N)c1c(C)c[nH]c1C. The van der Waals surface area contributed by atoms with E-state index in [0.29, 0.717) is 17.0 Å². The molecule has 2 rings (SSSR count). The fraction of sp³-hybridized carbons (Fsp3) is 0.235. The van der Waals surface area contributed by atoms with Crippen LogP contribution >= 0.6 is 0 Å². The van der Waals surface area contributed by atoms with E-state index >= 15 is 0 Å². The number of hydrogen-bond donors (Lipinski definition) is 2. The van der Waals surface area contributed by atoms with Crippen molar-refractivity contribution in [3.05, 3.63) is 52.8 Å². The van der Waals surface area contributed by atoms with Crippen LogP contribution in [0.25, 0.3) is 0 Å².